The summed E-state index contributed by atoms with van der Waals surface area (Å²) in [6.07, 6.45) is -3.10. The number of hydrogen-bond acceptors (Lipinski definition) is 1. The van der Waals surface area contributed by atoms with Crippen molar-refractivity contribution < 1.29 is 18.0 Å². The largest absolute Gasteiger partial charge is 0.416 e. The van der Waals surface area contributed by atoms with Gasteiger partial charge < -0.3 is 0 Å². The van der Waals surface area contributed by atoms with E-state index >= 15 is 0 Å². The molecule has 18 heavy (non-hydrogen) atoms. The van der Waals surface area contributed by atoms with Crippen LogP contribution in [0, 0.1) is 12.8 Å². The molecule has 1 atom stereocenters. The standard InChI is InChI=1S/C14H17F3O/c1-4-9(2)7-13(18)12-6-5-11(8-10(12)3)14(15,16)17/h5-6,8-9H,4,7H2,1-3H3. The zero-order valence-electron chi connectivity index (χ0n) is 10.8. The summed E-state index contributed by atoms with van der Waals surface area (Å²) >= 11 is 0. The minimum atomic E-state index is -4.36. The Morgan fingerprint density at radius 2 is 1.94 bits per heavy atom. The van der Waals surface area contributed by atoms with Crippen LogP contribution >= 0.6 is 0 Å². The Bertz CT molecular complexity index is 435. The van der Waals surface area contributed by atoms with Crippen molar-refractivity contribution in [1.82, 2.24) is 0 Å². The van der Waals surface area contributed by atoms with Crippen LogP contribution in [-0.4, -0.2) is 5.78 Å². The second kappa shape index (κ2) is 5.55. The van der Waals surface area contributed by atoms with Gasteiger partial charge in [0.25, 0.3) is 0 Å². The predicted molar refractivity (Wildman–Crippen MR) is 64.6 cm³/mol. The Hall–Kier alpha value is -1.32. The number of alkyl halides is 3. The summed E-state index contributed by atoms with van der Waals surface area (Å²) in [5, 5.41) is 0. The molecule has 0 N–H and O–H groups in total. The Balaban J connectivity index is 2.96. The van der Waals surface area contributed by atoms with E-state index in [9.17, 15) is 18.0 Å². The van der Waals surface area contributed by atoms with Gasteiger partial charge in [0.15, 0.2) is 5.78 Å². The maximum absolute atomic E-state index is 12.5. The molecule has 1 rings (SSSR count). The molecule has 0 radical (unpaired) electrons. The third-order valence-corrected chi connectivity index (χ3v) is 3.08. The smallest absolute Gasteiger partial charge is 0.294 e. The topological polar surface area (TPSA) is 17.1 Å². The fourth-order valence-electron chi connectivity index (χ4n) is 1.72. The fourth-order valence-corrected chi connectivity index (χ4v) is 1.72. The number of Topliss-reactive ketones (excluding diaryl/α,β-unsaturated/α-hetero) is 1. The molecule has 1 unspecified atom stereocenters. The molecule has 0 saturated carbocycles. The molecule has 0 aliphatic rings. The zero-order valence-corrected chi connectivity index (χ0v) is 10.8. The Kier molecular flexibility index (Phi) is 4.54. The van der Waals surface area contributed by atoms with Crippen molar-refractivity contribution in [2.45, 2.75) is 39.8 Å². The highest BCUT2D eigenvalue weighted by atomic mass is 19.4. The average molecular weight is 258 g/mol. The number of carbonyl (C=O) groups is 1. The summed E-state index contributed by atoms with van der Waals surface area (Å²) in [5.41, 5.74) is 0.0709. The molecule has 0 saturated heterocycles. The van der Waals surface area contributed by atoms with Crippen molar-refractivity contribution in [2.24, 2.45) is 5.92 Å². The lowest BCUT2D eigenvalue weighted by molar-refractivity contribution is -0.137. The second-order valence-electron chi connectivity index (χ2n) is 4.67. The van der Waals surface area contributed by atoms with Crippen LogP contribution in [0.5, 0.6) is 0 Å². The molecule has 0 spiro atoms. The van der Waals surface area contributed by atoms with E-state index in [2.05, 4.69) is 0 Å². The molecule has 1 aromatic carbocycles. The first-order chi connectivity index (χ1) is 8.25. The van der Waals surface area contributed by atoms with Crippen LogP contribution < -0.4 is 0 Å². The maximum Gasteiger partial charge on any atom is 0.416 e. The molecule has 100 valence electrons. The molecule has 0 heterocycles. The zero-order chi connectivity index (χ0) is 13.9. The number of ketones is 1. The summed E-state index contributed by atoms with van der Waals surface area (Å²) in [4.78, 5) is 11.9. The van der Waals surface area contributed by atoms with Crippen LogP contribution in [0.1, 0.15) is 48.2 Å². The SMILES string of the molecule is CCC(C)CC(=O)c1ccc(C(F)(F)F)cc1C. The van der Waals surface area contributed by atoms with Gasteiger partial charge in [-0.25, -0.2) is 0 Å². The number of hydrogen-bond donors (Lipinski definition) is 0. The van der Waals surface area contributed by atoms with Crippen molar-refractivity contribution in [3.05, 3.63) is 34.9 Å². The van der Waals surface area contributed by atoms with Gasteiger partial charge in [-0.05, 0) is 30.5 Å². The highest BCUT2D eigenvalue weighted by Gasteiger charge is 2.31. The van der Waals surface area contributed by atoms with Gasteiger partial charge in [0.2, 0.25) is 0 Å². The molecule has 0 amide bonds. The Morgan fingerprint density at radius 3 is 2.39 bits per heavy atom. The normalized spacial score (nSPS) is 13.4. The number of aryl methyl sites for hydroxylation is 1. The van der Waals surface area contributed by atoms with E-state index in [1.165, 1.54) is 6.07 Å². The van der Waals surface area contributed by atoms with E-state index < -0.39 is 11.7 Å². The summed E-state index contributed by atoms with van der Waals surface area (Å²) in [5.74, 6) is 0.162. The highest BCUT2D eigenvalue weighted by molar-refractivity contribution is 5.97. The lowest BCUT2D eigenvalue weighted by Crippen LogP contribution is -2.10. The van der Waals surface area contributed by atoms with E-state index in [4.69, 9.17) is 0 Å². The van der Waals surface area contributed by atoms with Crippen LogP contribution in [-0.2, 0) is 6.18 Å². The van der Waals surface area contributed by atoms with Crippen LogP contribution in [0.4, 0.5) is 13.2 Å². The highest BCUT2D eigenvalue weighted by Crippen LogP contribution is 2.30. The first-order valence-corrected chi connectivity index (χ1v) is 5.96. The molecule has 0 bridgehead atoms. The first kappa shape index (κ1) is 14.7. The van der Waals surface area contributed by atoms with Gasteiger partial charge in [0.05, 0.1) is 5.56 Å². The second-order valence-corrected chi connectivity index (χ2v) is 4.67. The number of rotatable bonds is 4. The van der Waals surface area contributed by atoms with Crippen LogP contribution in [0.25, 0.3) is 0 Å². The Labute approximate surface area is 105 Å². The van der Waals surface area contributed by atoms with Crippen LogP contribution in [0.3, 0.4) is 0 Å². The average Bonchev–Trinajstić information content (AvgIpc) is 2.27. The molecular weight excluding hydrogens is 241 g/mol. The molecule has 0 aliphatic heterocycles. The van der Waals surface area contributed by atoms with Crippen molar-refractivity contribution in [3.63, 3.8) is 0 Å². The van der Waals surface area contributed by atoms with Gasteiger partial charge in [-0.3, -0.25) is 4.79 Å². The molecule has 1 aromatic rings. The van der Waals surface area contributed by atoms with Gasteiger partial charge in [0.1, 0.15) is 0 Å². The molecular formula is C14H17F3O. The van der Waals surface area contributed by atoms with Crippen LogP contribution in [0.15, 0.2) is 18.2 Å². The fraction of sp³-hybridized carbons (Fsp3) is 0.500. The summed E-state index contributed by atoms with van der Waals surface area (Å²) in [6, 6.07) is 3.28. The number of benzene rings is 1. The number of halogens is 3. The third-order valence-electron chi connectivity index (χ3n) is 3.08. The van der Waals surface area contributed by atoms with E-state index in [0.717, 1.165) is 18.6 Å². The van der Waals surface area contributed by atoms with Crippen LogP contribution in [0.2, 0.25) is 0 Å². The van der Waals surface area contributed by atoms with E-state index in [0.29, 0.717) is 17.5 Å². The lowest BCUT2D eigenvalue weighted by Gasteiger charge is -2.12. The quantitative estimate of drug-likeness (QED) is 0.719. The van der Waals surface area contributed by atoms with Gasteiger partial charge in [-0.1, -0.05) is 26.3 Å². The van der Waals surface area contributed by atoms with Crippen molar-refractivity contribution in [1.29, 1.82) is 0 Å². The molecule has 1 nitrogen and oxygen atoms in total. The van der Waals surface area contributed by atoms with Gasteiger partial charge in [-0.15, -0.1) is 0 Å². The first-order valence-electron chi connectivity index (χ1n) is 5.96. The Morgan fingerprint density at radius 1 is 1.33 bits per heavy atom. The van der Waals surface area contributed by atoms with E-state index in [1.54, 1.807) is 6.92 Å². The monoisotopic (exact) mass is 258 g/mol. The number of carbonyl (C=O) groups excluding carboxylic acids is 1. The van der Waals surface area contributed by atoms with Gasteiger partial charge in [-0.2, -0.15) is 13.2 Å². The minimum absolute atomic E-state index is 0.0874. The minimum Gasteiger partial charge on any atom is -0.294 e. The maximum atomic E-state index is 12.5. The molecule has 0 aromatic heterocycles. The molecule has 4 heteroatoms. The van der Waals surface area contributed by atoms with Gasteiger partial charge in [0, 0.05) is 12.0 Å². The third kappa shape index (κ3) is 3.59. The molecule has 0 aliphatic carbocycles. The van der Waals surface area contributed by atoms with E-state index in [1.807, 2.05) is 13.8 Å². The van der Waals surface area contributed by atoms with Crippen molar-refractivity contribution in [3.8, 4) is 0 Å². The molecule has 0 fully saturated rings. The van der Waals surface area contributed by atoms with Gasteiger partial charge >= 0.3 is 6.18 Å². The van der Waals surface area contributed by atoms with E-state index in [-0.39, 0.29) is 11.7 Å². The van der Waals surface area contributed by atoms with Crippen molar-refractivity contribution >= 4 is 5.78 Å². The summed E-state index contributed by atoms with van der Waals surface area (Å²) in [6.45, 7) is 5.48. The predicted octanol–water partition coefficient (Wildman–Crippen LogP) is 4.63. The van der Waals surface area contributed by atoms with Crippen molar-refractivity contribution in [2.75, 3.05) is 0 Å². The summed E-state index contributed by atoms with van der Waals surface area (Å²) in [7, 11) is 0. The summed E-state index contributed by atoms with van der Waals surface area (Å²) < 4.78 is 37.4. The lowest BCUT2D eigenvalue weighted by atomic mass is 9.94.